The Labute approximate surface area is 79.6 Å². The van der Waals surface area contributed by atoms with Crippen LogP contribution in [0.4, 0.5) is 5.69 Å². The van der Waals surface area contributed by atoms with E-state index in [0.29, 0.717) is 6.04 Å². The summed E-state index contributed by atoms with van der Waals surface area (Å²) in [4.78, 5) is 6.50. The Morgan fingerprint density at radius 1 is 1.31 bits per heavy atom. The van der Waals surface area contributed by atoms with Crippen LogP contribution in [-0.4, -0.2) is 17.6 Å². The molecule has 1 aliphatic rings. The van der Waals surface area contributed by atoms with Crippen molar-refractivity contribution in [3.05, 3.63) is 24.5 Å². The number of hydrogen-bond donors (Lipinski definition) is 0. The normalized spacial score (nSPS) is 28.0. The third-order valence-corrected chi connectivity index (χ3v) is 2.78. The van der Waals surface area contributed by atoms with Gasteiger partial charge in [-0.15, -0.1) is 0 Å². The van der Waals surface area contributed by atoms with Crippen LogP contribution >= 0.6 is 0 Å². The molecule has 1 fully saturated rings. The van der Waals surface area contributed by atoms with Crippen molar-refractivity contribution >= 4 is 5.69 Å². The van der Waals surface area contributed by atoms with Crippen molar-refractivity contribution in [1.82, 2.24) is 4.98 Å². The highest BCUT2D eigenvalue weighted by Crippen LogP contribution is 2.27. The quantitative estimate of drug-likeness (QED) is 0.652. The molecule has 2 rings (SSSR count). The van der Waals surface area contributed by atoms with Crippen molar-refractivity contribution < 1.29 is 0 Å². The highest BCUT2D eigenvalue weighted by atomic mass is 15.2. The van der Waals surface area contributed by atoms with Gasteiger partial charge in [-0.3, -0.25) is 4.98 Å². The largest absolute Gasteiger partial charge is 0.368 e. The Hall–Kier alpha value is -1.05. The second kappa shape index (κ2) is 3.36. The minimum atomic E-state index is 0.678. The van der Waals surface area contributed by atoms with Gasteiger partial charge in [0.05, 0.1) is 0 Å². The molecule has 0 N–H and O–H groups in total. The fourth-order valence-electron chi connectivity index (χ4n) is 2.20. The SMILES string of the molecule is CC1CC(C)N(c2ccncc2)C1. The smallest absolute Gasteiger partial charge is 0.0399 e. The molecule has 0 aromatic carbocycles. The van der Waals surface area contributed by atoms with E-state index in [-0.39, 0.29) is 0 Å². The van der Waals surface area contributed by atoms with E-state index in [1.807, 2.05) is 12.4 Å². The summed E-state index contributed by atoms with van der Waals surface area (Å²) in [6.07, 6.45) is 5.04. The van der Waals surface area contributed by atoms with Crippen molar-refractivity contribution in [1.29, 1.82) is 0 Å². The lowest BCUT2D eigenvalue weighted by atomic mass is 10.1. The zero-order chi connectivity index (χ0) is 9.26. The Balaban J connectivity index is 2.18. The van der Waals surface area contributed by atoms with Crippen molar-refractivity contribution in [2.75, 3.05) is 11.4 Å². The molecule has 2 heteroatoms. The second-order valence-corrected chi connectivity index (χ2v) is 4.05. The molecule has 1 aliphatic heterocycles. The van der Waals surface area contributed by atoms with Gasteiger partial charge < -0.3 is 4.90 Å². The zero-order valence-corrected chi connectivity index (χ0v) is 8.27. The van der Waals surface area contributed by atoms with Crippen LogP contribution in [0.2, 0.25) is 0 Å². The molecule has 2 unspecified atom stereocenters. The Morgan fingerprint density at radius 2 is 2.00 bits per heavy atom. The van der Waals surface area contributed by atoms with E-state index in [9.17, 15) is 0 Å². The summed E-state index contributed by atoms with van der Waals surface area (Å²) < 4.78 is 0. The molecular formula is C11H16N2. The number of rotatable bonds is 1. The van der Waals surface area contributed by atoms with Crippen molar-refractivity contribution in [2.45, 2.75) is 26.3 Å². The predicted molar refractivity (Wildman–Crippen MR) is 54.8 cm³/mol. The molecule has 2 atom stereocenters. The number of anilines is 1. The lowest BCUT2D eigenvalue weighted by molar-refractivity contribution is 0.625. The van der Waals surface area contributed by atoms with Gasteiger partial charge in [0, 0.05) is 30.7 Å². The lowest BCUT2D eigenvalue weighted by Gasteiger charge is -2.23. The summed E-state index contributed by atoms with van der Waals surface area (Å²) in [5.74, 6) is 0.822. The average Bonchev–Trinajstić information content (AvgIpc) is 2.47. The molecule has 0 amide bonds. The third kappa shape index (κ3) is 1.67. The molecule has 0 radical (unpaired) electrons. The zero-order valence-electron chi connectivity index (χ0n) is 8.27. The highest BCUT2D eigenvalue weighted by molar-refractivity contribution is 5.46. The first-order valence-corrected chi connectivity index (χ1v) is 4.94. The van der Waals surface area contributed by atoms with E-state index in [2.05, 4.69) is 35.9 Å². The molecule has 1 saturated heterocycles. The van der Waals surface area contributed by atoms with Gasteiger partial charge in [-0.25, -0.2) is 0 Å². The standard InChI is InChI=1S/C11H16N2/c1-9-7-10(2)13(8-9)11-3-5-12-6-4-11/h3-6,9-10H,7-8H2,1-2H3. The monoisotopic (exact) mass is 176 g/mol. The fraction of sp³-hybridized carbons (Fsp3) is 0.545. The summed E-state index contributed by atoms with van der Waals surface area (Å²) >= 11 is 0. The van der Waals surface area contributed by atoms with Crippen molar-refractivity contribution in [2.24, 2.45) is 5.92 Å². The first kappa shape index (κ1) is 8.54. The van der Waals surface area contributed by atoms with Crippen LogP contribution < -0.4 is 4.90 Å². The van der Waals surface area contributed by atoms with Crippen LogP contribution in [0.5, 0.6) is 0 Å². The van der Waals surface area contributed by atoms with E-state index in [1.54, 1.807) is 0 Å². The maximum atomic E-state index is 4.03. The molecule has 13 heavy (non-hydrogen) atoms. The number of hydrogen-bond acceptors (Lipinski definition) is 2. The second-order valence-electron chi connectivity index (χ2n) is 4.05. The van der Waals surface area contributed by atoms with Crippen molar-refractivity contribution in [3.8, 4) is 0 Å². The summed E-state index contributed by atoms with van der Waals surface area (Å²) in [6.45, 7) is 5.80. The number of pyridine rings is 1. The Kier molecular flexibility index (Phi) is 2.21. The summed E-state index contributed by atoms with van der Waals surface area (Å²) in [5.41, 5.74) is 1.31. The van der Waals surface area contributed by atoms with Gasteiger partial charge in [0.1, 0.15) is 0 Å². The number of aromatic nitrogens is 1. The van der Waals surface area contributed by atoms with Gasteiger partial charge in [-0.05, 0) is 31.4 Å². The molecule has 2 heterocycles. The maximum absolute atomic E-state index is 4.03. The van der Waals surface area contributed by atoms with Crippen LogP contribution in [-0.2, 0) is 0 Å². The minimum absolute atomic E-state index is 0.678. The molecule has 1 aromatic rings. The molecule has 0 spiro atoms. The number of nitrogens with zero attached hydrogens (tertiary/aromatic N) is 2. The molecule has 0 aliphatic carbocycles. The van der Waals surface area contributed by atoms with E-state index in [4.69, 9.17) is 0 Å². The molecule has 70 valence electrons. The minimum Gasteiger partial charge on any atom is -0.368 e. The van der Waals surface area contributed by atoms with Crippen LogP contribution in [0.1, 0.15) is 20.3 Å². The molecule has 2 nitrogen and oxygen atoms in total. The van der Waals surface area contributed by atoms with Crippen LogP contribution in [0.3, 0.4) is 0 Å². The van der Waals surface area contributed by atoms with E-state index < -0.39 is 0 Å². The van der Waals surface area contributed by atoms with Gasteiger partial charge in [0.2, 0.25) is 0 Å². The van der Waals surface area contributed by atoms with Gasteiger partial charge in [-0.2, -0.15) is 0 Å². The Morgan fingerprint density at radius 3 is 2.54 bits per heavy atom. The molecule has 0 saturated carbocycles. The molecular weight excluding hydrogens is 160 g/mol. The lowest BCUT2D eigenvalue weighted by Crippen LogP contribution is -2.26. The highest BCUT2D eigenvalue weighted by Gasteiger charge is 2.25. The van der Waals surface area contributed by atoms with Gasteiger partial charge >= 0.3 is 0 Å². The van der Waals surface area contributed by atoms with Crippen molar-refractivity contribution in [3.63, 3.8) is 0 Å². The fourth-order valence-corrected chi connectivity index (χ4v) is 2.20. The third-order valence-electron chi connectivity index (χ3n) is 2.78. The first-order valence-electron chi connectivity index (χ1n) is 4.94. The summed E-state index contributed by atoms with van der Waals surface area (Å²) in [7, 11) is 0. The van der Waals surface area contributed by atoms with Gasteiger partial charge in [0.15, 0.2) is 0 Å². The predicted octanol–water partition coefficient (Wildman–Crippen LogP) is 2.32. The van der Waals surface area contributed by atoms with E-state index in [1.165, 1.54) is 18.7 Å². The molecule has 0 bridgehead atoms. The average molecular weight is 176 g/mol. The van der Waals surface area contributed by atoms with E-state index in [0.717, 1.165) is 5.92 Å². The Bertz CT molecular complexity index is 271. The van der Waals surface area contributed by atoms with Crippen LogP contribution in [0.15, 0.2) is 24.5 Å². The molecule has 1 aromatic heterocycles. The van der Waals surface area contributed by atoms with Gasteiger partial charge in [-0.1, -0.05) is 6.92 Å². The van der Waals surface area contributed by atoms with E-state index >= 15 is 0 Å². The van der Waals surface area contributed by atoms with Crippen LogP contribution in [0, 0.1) is 5.92 Å². The van der Waals surface area contributed by atoms with Crippen LogP contribution in [0.25, 0.3) is 0 Å². The van der Waals surface area contributed by atoms with Gasteiger partial charge in [0.25, 0.3) is 0 Å². The summed E-state index contributed by atoms with van der Waals surface area (Å²) in [5, 5.41) is 0. The summed E-state index contributed by atoms with van der Waals surface area (Å²) in [6, 6.07) is 4.86. The maximum Gasteiger partial charge on any atom is 0.0399 e. The first-order chi connectivity index (χ1) is 6.27. The topological polar surface area (TPSA) is 16.1 Å².